The Balaban J connectivity index is 1.52. The number of hydrogen-bond donors (Lipinski definition) is 1. The van der Waals surface area contributed by atoms with Crippen molar-refractivity contribution >= 4 is 35.1 Å². The lowest BCUT2D eigenvalue weighted by Crippen LogP contribution is -2.16. The van der Waals surface area contributed by atoms with Gasteiger partial charge in [-0.25, -0.2) is 9.82 Å². The zero-order chi connectivity index (χ0) is 18.1. The lowest BCUT2D eigenvalue weighted by molar-refractivity contribution is 0.0959. The number of amides is 1. The number of benzene rings is 2. The number of ether oxygens (including phenoxy) is 1. The standard InChI is InChI=1S/C19H12ClFN2O2S/c20-13-3-1-11(2-4-13)9-22-23-19(24)17-7-12-10-25-16-6-5-14(21)8-15(16)18(12)26-17/h1-9H,10H2,(H,23,24)/b22-9+. The molecule has 0 spiro atoms. The van der Waals surface area contributed by atoms with Gasteiger partial charge in [0, 0.05) is 21.0 Å². The summed E-state index contributed by atoms with van der Waals surface area (Å²) in [7, 11) is 0. The van der Waals surface area contributed by atoms with Crippen LogP contribution in [0.3, 0.4) is 0 Å². The maximum Gasteiger partial charge on any atom is 0.281 e. The lowest BCUT2D eigenvalue weighted by atomic mass is 10.1. The van der Waals surface area contributed by atoms with Gasteiger partial charge in [-0.1, -0.05) is 23.7 Å². The molecule has 26 heavy (non-hydrogen) atoms. The predicted octanol–water partition coefficient (Wildman–Crippen LogP) is 4.86. The first-order chi connectivity index (χ1) is 12.6. The van der Waals surface area contributed by atoms with Crippen molar-refractivity contribution in [3.8, 4) is 16.2 Å². The van der Waals surface area contributed by atoms with E-state index in [0.29, 0.717) is 27.8 Å². The molecule has 1 aliphatic rings. The smallest absolute Gasteiger partial charge is 0.281 e. The summed E-state index contributed by atoms with van der Waals surface area (Å²) in [5.41, 5.74) is 4.84. The number of nitrogens with zero attached hydrogens (tertiary/aromatic N) is 1. The van der Waals surface area contributed by atoms with E-state index in [1.54, 1.807) is 36.4 Å². The SMILES string of the molecule is O=C(N/N=C/c1ccc(Cl)cc1)c1cc2c(s1)-c1cc(F)ccc1OC2. The molecule has 130 valence electrons. The molecular weight excluding hydrogens is 375 g/mol. The van der Waals surface area contributed by atoms with Crippen LogP contribution in [0.4, 0.5) is 4.39 Å². The van der Waals surface area contributed by atoms with E-state index >= 15 is 0 Å². The number of nitrogens with one attached hydrogen (secondary N) is 1. The normalized spacial score (nSPS) is 12.4. The molecule has 4 rings (SSSR count). The van der Waals surface area contributed by atoms with Crippen molar-refractivity contribution in [2.24, 2.45) is 5.10 Å². The van der Waals surface area contributed by atoms with E-state index < -0.39 is 0 Å². The first-order valence-electron chi connectivity index (χ1n) is 7.74. The van der Waals surface area contributed by atoms with Crippen LogP contribution in [0.2, 0.25) is 5.02 Å². The minimum Gasteiger partial charge on any atom is -0.488 e. The highest BCUT2D eigenvalue weighted by atomic mass is 35.5. The average molecular weight is 387 g/mol. The second-order valence-electron chi connectivity index (χ2n) is 5.64. The minimum absolute atomic E-state index is 0.326. The number of carbonyl (C=O) groups excluding carboxylic acids is 1. The summed E-state index contributed by atoms with van der Waals surface area (Å²) in [6.45, 7) is 0.353. The Labute approximate surface area is 157 Å². The summed E-state index contributed by atoms with van der Waals surface area (Å²) in [5.74, 6) is -0.0480. The van der Waals surface area contributed by atoms with Crippen LogP contribution in [0.1, 0.15) is 20.8 Å². The molecule has 1 N–H and O–H groups in total. The largest absolute Gasteiger partial charge is 0.488 e. The summed E-state index contributed by atoms with van der Waals surface area (Å²) in [6.07, 6.45) is 1.54. The van der Waals surface area contributed by atoms with E-state index in [9.17, 15) is 9.18 Å². The molecule has 1 aliphatic heterocycles. The predicted molar refractivity (Wildman–Crippen MR) is 101 cm³/mol. The highest BCUT2D eigenvalue weighted by Crippen LogP contribution is 2.42. The Kier molecular flexibility index (Phi) is 4.44. The molecular formula is C19H12ClFN2O2S. The molecule has 0 bridgehead atoms. The molecule has 4 nitrogen and oxygen atoms in total. The molecule has 7 heteroatoms. The van der Waals surface area contributed by atoms with E-state index in [4.69, 9.17) is 16.3 Å². The van der Waals surface area contributed by atoms with Gasteiger partial charge in [0.1, 0.15) is 18.2 Å². The van der Waals surface area contributed by atoms with E-state index in [0.717, 1.165) is 16.0 Å². The maximum absolute atomic E-state index is 13.5. The van der Waals surface area contributed by atoms with Crippen molar-refractivity contribution in [1.82, 2.24) is 5.43 Å². The van der Waals surface area contributed by atoms with Crippen molar-refractivity contribution in [2.45, 2.75) is 6.61 Å². The van der Waals surface area contributed by atoms with Crippen LogP contribution < -0.4 is 10.2 Å². The molecule has 1 amide bonds. The van der Waals surface area contributed by atoms with E-state index in [1.165, 1.54) is 29.7 Å². The molecule has 0 saturated carbocycles. The minimum atomic E-state index is -0.341. The number of carbonyl (C=O) groups is 1. The third-order valence-corrected chi connectivity index (χ3v) is 5.31. The Morgan fingerprint density at radius 3 is 2.85 bits per heavy atom. The van der Waals surface area contributed by atoms with Crippen LogP contribution >= 0.6 is 22.9 Å². The van der Waals surface area contributed by atoms with Crippen LogP contribution in [0.25, 0.3) is 10.4 Å². The molecule has 2 heterocycles. The van der Waals surface area contributed by atoms with Crippen molar-refractivity contribution in [3.05, 3.63) is 75.4 Å². The molecule has 2 aromatic carbocycles. The van der Waals surface area contributed by atoms with Crippen molar-refractivity contribution in [2.75, 3.05) is 0 Å². The third-order valence-electron chi connectivity index (χ3n) is 3.85. The molecule has 0 unspecified atom stereocenters. The van der Waals surface area contributed by atoms with Gasteiger partial charge in [0.25, 0.3) is 5.91 Å². The van der Waals surface area contributed by atoms with Crippen LogP contribution in [0, 0.1) is 5.82 Å². The third kappa shape index (κ3) is 3.34. The second kappa shape index (κ2) is 6.90. The number of halogens is 2. The summed E-state index contributed by atoms with van der Waals surface area (Å²) < 4.78 is 19.2. The van der Waals surface area contributed by atoms with Crippen molar-refractivity contribution < 1.29 is 13.9 Å². The quantitative estimate of drug-likeness (QED) is 0.516. The highest BCUT2D eigenvalue weighted by Gasteiger charge is 2.23. The van der Waals surface area contributed by atoms with Crippen molar-refractivity contribution in [3.63, 3.8) is 0 Å². The van der Waals surface area contributed by atoms with Gasteiger partial charge in [0.2, 0.25) is 0 Å². The van der Waals surface area contributed by atoms with E-state index in [2.05, 4.69) is 10.5 Å². The number of rotatable bonds is 3. The number of thiophene rings is 1. The Hall–Kier alpha value is -2.70. The van der Waals surface area contributed by atoms with Crippen LogP contribution in [-0.4, -0.2) is 12.1 Å². The second-order valence-corrected chi connectivity index (χ2v) is 7.13. The summed E-state index contributed by atoms with van der Waals surface area (Å²) in [5, 5.41) is 4.59. The van der Waals surface area contributed by atoms with Gasteiger partial charge in [0.15, 0.2) is 0 Å². The van der Waals surface area contributed by atoms with Gasteiger partial charge in [0.05, 0.1) is 11.1 Å². The van der Waals surface area contributed by atoms with Crippen molar-refractivity contribution in [1.29, 1.82) is 0 Å². The van der Waals surface area contributed by atoms with E-state index in [1.807, 2.05) is 0 Å². The molecule has 0 saturated heterocycles. The molecule has 3 aromatic rings. The van der Waals surface area contributed by atoms with Gasteiger partial charge in [-0.05, 0) is 42.0 Å². The Bertz CT molecular complexity index is 1010. The number of fused-ring (bicyclic) bond motifs is 3. The lowest BCUT2D eigenvalue weighted by Gasteiger charge is -2.17. The molecule has 1 aromatic heterocycles. The van der Waals surface area contributed by atoms with E-state index in [-0.39, 0.29) is 11.7 Å². The van der Waals surface area contributed by atoms with Gasteiger partial charge in [-0.15, -0.1) is 11.3 Å². The van der Waals surface area contributed by atoms with Gasteiger partial charge < -0.3 is 4.74 Å². The topological polar surface area (TPSA) is 50.7 Å². The fraction of sp³-hybridized carbons (Fsp3) is 0.0526. The first-order valence-corrected chi connectivity index (χ1v) is 8.94. The van der Waals surface area contributed by atoms with Crippen LogP contribution in [0.15, 0.2) is 53.6 Å². The number of hydrogen-bond acceptors (Lipinski definition) is 4. The molecule has 0 fully saturated rings. The summed E-state index contributed by atoms with van der Waals surface area (Å²) in [6, 6.07) is 13.2. The van der Waals surface area contributed by atoms with Crippen LogP contribution in [0.5, 0.6) is 5.75 Å². The zero-order valence-electron chi connectivity index (χ0n) is 13.3. The highest BCUT2D eigenvalue weighted by molar-refractivity contribution is 7.17. The van der Waals surface area contributed by atoms with Gasteiger partial charge >= 0.3 is 0 Å². The molecule has 0 aliphatic carbocycles. The number of hydrazone groups is 1. The Morgan fingerprint density at radius 2 is 2.04 bits per heavy atom. The van der Waals surface area contributed by atoms with Gasteiger partial charge in [-0.3, -0.25) is 4.79 Å². The Morgan fingerprint density at radius 1 is 1.23 bits per heavy atom. The molecule has 0 atom stereocenters. The van der Waals surface area contributed by atoms with Gasteiger partial charge in [-0.2, -0.15) is 5.10 Å². The maximum atomic E-state index is 13.5. The summed E-state index contributed by atoms with van der Waals surface area (Å²) in [4.78, 5) is 13.7. The monoisotopic (exact) mass is 386 g/mol. The van der Waals surface area contributed by atoms with Crippen LogP contribution in [-0.2, 0) is 6.61 Å². The fourth-order valence-electron chi connectivity index (χ4n) is 2.61. The molecule has 0 radical (unpaired) electrons. The average Bonchev–Trinajstić information content (AvgIpc) is 3.08. The first kappa shape index (κ1) is 16.8. The fourth-order valence-corrected chi connectivity index (χ4v) is 3.81. The summed E-state index contributed by atoms with van der Waals surface area (Å²) >= 11 is 7.12. The zero-order valence-corrected chi connectivity index (χ0v) is 14.9.